The number of nitrogens with zero attached hydrogens (tertiary/aromatic N) is 1. The Morgan fingerprint density at radius 1 is 1.19 bits per heavy atom. The molecule has 1 heterocycles. The molecule has 0 saturated heterocycles. The predicted octanol–water partition coefficient (Wildman–Crippen LogP) is 2.43. The fourth-order valence-corrected chi connectivity index (χ4v) is 2.22. The summed E-state index contributed by atoms with van der Waals surface area (Å²) >= 11 is 0. The summed E-state index contributed by atoms with van der Waals surface area (Å²) in [6, 6.07) is 13.2. The fourth-order valence-electron chi connectivity index (χ4n) is 2.22. The lowest BCUT2D eigenvalue weighted by atomic mass is 9.99. The van der Waals surface area contributed by atoms with Crippen LogP contribution in [0.25, 0.3) is 0 Å². The maximum Gasteiger partial charge on any atom is 0.227 e. The molecule has 4 heteroatoms. The first-order chi connectivity index (χ1) is 10.2. The van der Waals surface area contributed by atoms with Crippen LogP contribution < -0.4 is 5.32 Å². The lowest BCUT2D eigenvalue weighted by molar-refractivity contribution is -0.123. The monoisotopic (exact) mass is 284 g/mol. The van der Waals surface area contributed by atoms with Crippen LogP contribution in [0.15, 0.2) is 54.9 Å². The summed E-state index contributed by atoms with van der Waals surface area (Å²) in [6.07, 6.45) is 3.88. The van der Waals surface area contributed by atoms with Gasteiger partial charge >= 0.3 is 0 Å². The van der Waals surface area contributed by atoms with Gasteiger partial charge in [0.05, 0.1) is 12.0 Å². The molecule has 0 aliphatic carbocycles. The second-order valence-electron chi connectivity index (χ2n) is 4.99. The molecule has 2 atom stereocenters. The number of benzene rings is 1. The molecule has 2 rings (SSSR count). The van der Waals surface area contributed by atoms with Gasteiger partial charge in [-0.1, -0.05) is 36.4 Å². The Labute approximate surface area is 124 Å². The number of aromatic nitrogens is 1. The van der Waals surface area contributed by atoms with E-state index in [1.807, 2.05) is 49.4 Å². The summed E-state index contributed by atoms with van der Waals surface area (Å²) < 4.78 is 0. The van der Waals surface area contributed by atoms with Gasteiger partial charge in [0.15, 0.2) is 0 Å². The topological polar surface area (TPSA) is 62.2 Å². The van der Waals surface area contributed by atoms with E-state index < -0.39 is 0 Å². The number of aliphatic hydroxyl groups excluding tert-OH is 1. The number of pyridine rings is 1. The molecule has 0 aliphatic heterocycles. The number of rotatable bonds is 6. The summed E-state index contributed by atoms with van der Waals surface area (Å²) in [5, 5.41) is 12.2. The quantitative estimate of drug-likeness (QED) is 0.856. The third kappa shape index (κ3) is 4.13. The van der Waals surface area contributed by atoms with Crippen molar-refractivity contribution >= 4 is 5.91 Å². The van der Waals surface area contributed by atoms with Crippen molar-refractivity contribution in [1.29, 1.82) is 0 Å². The van der Waals surface area contributed by atoms with Gasteiger partial charge < -0.3 is 10.4 Å². The molecule has 21 heavy (non-hydrogen) atoms. The first kappa shape index (κ1) is 15.2. The smallest absolute Gasteiger partial charge is 0.227 e. The molecule has 1 aromatic heterocycles. The highest BCUT2D eigenvalue weighted by molar-refractivity contribution is 5.83. The zero-order valence-electron chi connectivity index (χ0n) is 12.1. The largest absolute Gasteiger partial charge is 0.396 e. The van der Waals surface area contributed by atoms with E-state index >= 15 is 0 Å². The summed E-state index contributed by atoms with van der Waals surface area (Å²) in [5.41, 5.74) is 1.88. The van der Waals surface area contributed by atoms with Crippen molar-refractivity contribution in [3.05, 3.63) is 66.0 Å². The van der Waals surface area contributed by atoms with Crippen molar-refractivity contribution in [2.75, 3.05) is 6.61 Å². The molecule has 0 radical (unpaired) electrons. The molecule has 110 valence electrons. The van der Waals surface area contributed by atoms with Gasteiger partial charge in [-0.05, 0) is 30.5 Å². The van der Waals surface area contributed by atoms with Gasteiger partial charge in [-0.25, -0.2) is 0 Å². The van der Waals surface area contributed by atoms with E-state index in [2.05, 4.69) is 10.3 Å². The Bertz CT molecular complexity index is 558. The highest BCUT2D eigenvalue weighted by Crippen LogP contribution is 2.19. The Kier molecular flexibility index (Phi) is 5.46. The highest BCUT2D eigenvalue weighted by Gasteiger charge is 2.20. The lowest BCUT2D eigenvalue weighted by Crippen LogP contribution is -2.32. The molecule has 0 saturated carbocycles. The van der Waals surface area contributed by atoms with Crippen LogP contribution >= 0.6 is 0 Å². The van der Waals surface area contributed by atoms with E-state index in [0.717, 1.165) is 11.1 Å². The van der Waals surface area contributed by atoms with E-state index in [9.17, 15) is 9.90 Å². The second-order valence-corrected chi connectivity index (χ2v) is 4.99. The number of hydrogen-bond acceptors (Lipinski definition) is 3. The van der Waals surface area contributed by atoms with Crippen LogP contribution in [0.5, 0.6) is 0 Å². The molecule has 0 aliphatic rings. The fraction of sp³-hybridized carbons (Fsp3) is 0.294. The standard InChI is InChI=1S/C17H20N2O2/c1-13(15-8-5-10-18-12-15)17(21)19-16(9-11-20)14-6-3-2-4-7-14/h2-8,10,12-13,16,20H,9,11H2,1H3,(H,19,21). The Morgan fingerprint density at radius 2 is 1.90 bits per heavy atom. The zero-order chi connectivity index (χ0) is 15.1. The van der Waals surface area contributed by atoms with E-state index in [-0.39, 0.29) is 24.5 Å². The van der Waals surface area contributed by atoms with Crippen molar-refractivity contribution in [2.24, 2.45) is 0 Å². The van der Waals surface area contributed by atoms with Crippen molar-refractivity contribution < 1.29 is 9.90 Å². The molecular weight excluding hydrogens is 264 g/mol. The van der Waals surface area contributed by atoms with E-state index in [4.69, 9.17) is 0 Å². The van der Waals surface area contributed by atoms with Crippen LogP contribution in [-0.4, -0.2) is 22.6 Å². The molecule has 2 aromatic rings. The molecule has 1 amide bonds. The molecular formula is C17H20N2O2. The number of hydrogen-bond donors (Lipinski definition) is 2. The molecule has 2 unspecified atom stereocenters. The number of carbonyl (C=O) groups is 1. The predicted molar refractivity (Wildman–Crippen MR) is 81.7 cm³/mol. The van der Waals surface area contributed by atoms with Gasteiger partial charge in [0, 0.05) is 19.0 Å². The molecule has 4 nitrogen and oxygen atoms in total. The number of aliphatic hydroxyl groups is 1. The normalized spacial score (nSPS) is 13.4. The van der Waals surface area contributed by atoms with Crippen LogP contribution in [-0.2, 0) is 4.79 Å². The minimum absolute atomic E-state index is 0.0289. The van der Waals surface area contributed by atoms with Gasteiger partial charge in [0.2, 0.25) is 5.91 Å². The van der Waals surface area contributed by atoms with Crippen LogP contribution in [0.4, 0.5) is 0 Å². The molecule has 1 aromatic carbocycles. The van der Waals surface area contributed by atoms with Crippen LogP contribution in [0.1, 0.15) is 36.4 Å². The van der Waals surface area contributed by atoms with E-state index in [1.165, 1.54) is 0 Å². The minimum atomic E-state index is -0.274. The summed E-state index contributed by atoms with van der Waals surface area (Å²) in [6.45, 7) is 1.88. The first-order valence-corrected chi connectivity index (χ1v) is 7.08. The summed E-state index contributed by atoms with van der Waals surface area (Å²) in [4.78, 5) is 16.4. The van der Waals surface area contributed by atoms with Gasteiger partial charge in [-0.15, -0.1) is 0 Å². The highest BCUT2D eigenvalue weighted by atomic mass is 16.3. The Morgan fingerprint density at radius 3 is 2.52 bits per heavy atom. The van der Waals surface area contributed by atoms with Crippen LogP contribution in [0.3, 0.4) is 0 Å². The van der Waals surface area contributed by atoms with Crippen molar-refractivity contribution in [1.82, 2.24) is 10.3 Å². The van der Waals surface area contributed by atoms with Crippen LogP contribution in [0.2, 0.25) is 0 Å². The third-order valence-corrected chi connectivity index (χ3v) is 3.51. The first-order valence-electron chi connectivity index (χ1n) is 7.08. The van der Waals surface area contributed by atoms with E-state index in [0.29, 0.717) is 6.42 Å². The van der Waals surface area contributed by atoms with Crippen LogP contribution in [0, 0.1) is 0 Å². The number of amides is 1. The van der Waals surface area contributed by atoms with E-state index in [1.54, 1.807) is 12.4 Å². The van der Waals surface area contributed by atoms with Gasteiger partial charge in [0.1, 0.15) is 0 Å². The summed E-state index contributed by atoms with van der Waals surface area (Å²) in [5.74, 6) is -0.339. The lowest BCUT2D eigenvalue weighted by Gasteiger charge is -2.21. The summed E-state index contributed by atoms with van der Waals surface area (Å²) in [7, 11) is 0. The average molecular weight is 284 g/mol. The van der Waals surface area contributed by atoms with Gasteiger partial charge in [-0.3, -0.25) is 9.78 Å². The molecule has 0 bridgehead atoms. The number of carbonyl (C=O) groups excluding carboxylic acids is 1. The second kappa shape index (κ2) is 7.55. The zero-order valence-corrected chi connectivity index (χ0v) is 12.1. The van der Waals surface area contributed by atoms with Crippen molar-refractivity contribution in [2.45, 2.75) is 25.3 Å². The van der Waals surface area contributed by atoms with Crippen molar-refractivity contribution in [3.8, 4) is 0 Å². The average Bonchev–Trinajstić information content (AvgIpc) is 2.55. The number of nitrogens with one attached hydrogen (secondary N) is 1. The molecule has 0 fully saturated rings. The molecule has 2 N–H and O–H groups in total. The maximum atomic E-state index is 12.4. The third-order valence-electron chi connectivity index (χ3n) is 3.51. The Balaban J connectivity index is 2.08. The maximum absolute atomic E-state index is 12.4. The SMILES string of the molecule is CC(C(=O)NC(CCO)c1ccccc1)c1cccnc1. The minimum Gasteiger partial charge on any atom is -0.396 e. The van der Waals surface area contributed by atoms with Gasteiger partial charge in [-0.2, -0.15) is 0 Å². The van der Waals surface area contributed by atoms with Crippen molar-refractivity contribution in [3.63, 3.8) is 0 Å². The molecule has 0 spiro atoms. The Hall–Kier alpha value is -2.20. The van der Waals surface area contributed by atoms with Gasteiger partial charge in [0.25, 0.3) is 0 Å².